The van der Waals surface area contributed by atoms with E-state index in [0.29, 0.717) is 26.2 Å². The van der Waals surface area contributed by atoms with Crippen molar-refractivity contribution < 1.29 is 9.59 Å². The molecule has 2 rings (SSSR count). The predicted molar refractivity (Wildman–Crippen MR) is 102 cm³/mol. The van der Waals surface area contributed by atoms with E-state index in [9.17, 15) is 9.59 Å². The van der Waals surface area contributed by atoms with E-state index < -0.39 is 6.03 Å². The quantitative estimate of drug-likeness (QED) is 0.637. The average molecular weight is 354 g/mol. The first kappa shape index (κ1) is 19.6. The van der Waals surface area contributed by atoms with Crippen molar-refractivity contribution in [3.63, 3.8) is 0 Å². The third kappa shape index (κ3) is 7.46. The maximum absolute atomic E-state index is 12.1. The lowest BCUT2D eigenvalue weighted by Gasteiger charge is -2.20. The van der Waals surface area contributed by atoms with Gasteiger partial charge in [0.15, 0.2) is 0 Å². The van der Waals surface area contributed by atoms with Gasteiger partial charge in [-0.1, -0.05) is 60.7 Å². The Morgan fingerprint density at radius 3 is 2.12 bits per heavy atom. The molecule has 0 heterocycles. The number of carbonyl (C=O) groups is 2. The number of urea groups is 1. The summed E-state index contributed by atoms with van der Waals surface area (Å²) < 4.78 is 0. The number of hydrogen-bond acceptors (Lipinski definition) is 4. The summed E-state index contributed by atoms with van der Waals surface area (Å²) >= 11 is 0. The molecule has 26 heavy (non-hydrogen) atoms. The molecule has 6 heteroatoms. The summed E-state index contributed by atoms with van der Waals surface area (Å²) in [5, 5.41) is 5.04. The SMILES string of the molecule is NCCN(CCc1ccccc1)CC(=O)NC(=O)NCc1ccccc1. The summed E-state index contributed by atoms with van der Waals surface area (Å²) in [5.74, 6) is -0.336. The summed E-state index contributed by atoms with van der Waals surface area (Å²) in [5.41, 5.74) is 7.81. The van der Waals surface area contributed by atoms with Crippen molar-refractivity contribution >= 4 is 11.9 Å². The highest BCUT2D eigenvalue weighted by molar-refractivity contribution is 5.95. The van der Waals surface area contributed by atoms with Crippen LogP contribution in [0.5, 0.6) is 0 Å². The van der Waals surface area contributed by atoms with Gasteiger partial charge in [0.05, 0.1) is 6.54 Å². The number of nitrogens with one attached hydrogen (secondary N) is 2. The molecule has 0 aliphatic carbocycles. The molecule has 4 N–H and O–H groups in total. The third-order valence-electron chi connectivity index (χ3n) is 3.92. The van der Waals surface area contributed by atoms with Crippen LogP contribution in [-0.4, -0.2) is 43.0 Å². The minimum Gasteiger partial charge on any atom is -0.334 e. The van der Waals surface area contributed by atoms with E-state index in [-0.39, 0.29) is 12.5 Å². The normalized spacial score (nSPS) is 10.5. The molecule has 138 valence electrons. The molecule has 0 spiro atoms. The van der Waals surface area contributed by atoms with Gasteiger partial charge in [0.1, 0.15) is 0 Å². The first-order valence-electron chi connectivity index (χ1n) is 8.75. The lowest BCUT2D eigenvalue weighted by atomic mass is 10.1. The van der Waals surface area contributed by atoms with Crippen molar-refractivity contribution in [3.8, 4) is 0 Å². The molecule has 3 amide bonds. The Bertz CT molecular complexity index is 677. The maximum atomic E-state index is 12.1. The van der Waals surface area contributed by atoms with E-state index in [1.54, 1.807) is 0 Å². The largest absolute Gasteiger partial charge is 0.334 e. The molecule has 0 aromatic heterocycles. The van der Waals surface area contributed by atoms with E-state index in [4.69, 9.17) is 5.73 Å². The van der Waals surface area contributed by atoms with E-state index in [1.165, 1.54) is 5.56 Å². The van der Waals surface area contributed by atoms with Crippen molar-refractivity contribution in [1.82, 2.24) is 15.5 Å². The molecule has 2 aromatic rings. The molecule has 6 nitrogen and oxygen atoms in total. The fraction of sp³-hybridized carbons (Fsp3) is 0.300. The third-order valence-corrected chi connectivity index (χ3v) is 3.92. The topological polar surface area (TPSA) is 87.5 Å². The minimum absolute atomic E-state index is 0.142. The molecule has 0 fully saturated rings. The molecular weight excluding hydrogens is 328 g/mol. The number of rotatable bonds is 9. The van der Waals surface area contributed by atoms with Crippen LogP contribution in [0.2, 0.25) is 0 Å². The minimum atomic E-state index is -0.491. The van der Waals surface area contributed by atoms with Gasteiger partial charge in [-0.2, -0.15) is 0 Å². The van der Waals surface area contributed by atoms with Crippen molar-refractivity contribution in [2.75, 3.05) is 26.2 Å². The van der Waals surface area contributed by atoms with Gasteiger partial charge < -0.3 is 11.1 Å². The van der Waals surface area contributed by atoms with Crippen LogP contribution in [0.25, 0.3) is 0 Å². The van der Waals surface area contributed by atoms with Crippen LogP contribution in [0, 0.1) is 0 Å². The van der Waals surface area contributed by atoms with Crippen molar-refractivity contribution in [1.29, 1.82) is 0 Å². The Morgan fingerprint density at radius 2 is 1.50 bits per heavy atom. The standard InChI is InChI=1S/C20H26N4O2/c21-12-14-24(13-11-17-7-3-1-4-8-17)16-19(25)23-20(26)22-15-18-9-5-2-6-10-18/h1-10H,11-16,21H2,(H2,22,23,25,26). The molecular formula is C20H26N4O2. The van der Waals surface area contributed by atoms with Crippen LogP contribution in [-0.2, 0) is 17.8 Å². The first-order chi connectivity index (χ1) is 12.7. The number of hydrogen-bond donors (Lipinski definition) is 3. The summed E-state index contributed by atoms with van der Waals surface area (Å²) in [4.78, 5) is 25.9. The molecule has 0 radical (unpaired) electrons. The van der Waals surface area contributed by atoms with Gasteiger partial charge in [-0.3, -0.25) is 15.0 Å². The highest BCUT2D eigenvalue weighted by Crippen LogP contribution is 2.01. The Hall–Kier alpha value is -2.70. The number of nitrogens with zero attached hydrogens (tertiary/aromatic N) is 1. The molecule has 0 saturated heterocycles. The Labute approximate surface area is 154 Å². The predicted octanol–water partition coefficient (Wildman–Crippen LogP) is 1.52. The zero-order valence-corrected chi connectivity index (χ0v) is 14.9. The van der Waals surface area contributed by atoms with Crippen LogP contribution in [0.1, 0.15) is 11.1 Å². The summed E-state index contributed by atoms with van der Waals surface area (Å²) in [7, 11) is 0. The number of carbonyl (C=O) groups excluding carboxylic acids is 2. The van der Waals surface area contributed by atoms with Crippen LogP contribution in [0.15, 0.2) is 60.7 Å². The maximum Gasteiger partial charge on any atom is 0.321 e. The second kappa shape index (κ2) is 11.0. The number of benzene rings is 2. The van der Waals surface area contributed by atoms with Gasteiger partial charge >= 0.3 is 6.03 Å². The monoisotopic (exact) mass is 354 g/mol. The van der Waals surface area contributed by atoms with E-state index in [1.807, 2.05) is 53.4 Å². The van der Waals surface area contributed by atoms with Gasteiger partial charge in [0.2, 0.25) is 5.91 Å². The molecule has 0 atom stereocenters. The number of amides is 3. The molecule has 2 aromatic carbocycles. The summed E-state index contributed by atoms with van der Waals surface area (Å²) in [6.45, 7) is 2.29. The van der Waals surface area contributed by atoms with Gasteiger partial charge in [-0.15, -0.1) is 0 Å². The van der Waals surface area contributed by atoms with Crippen molar-refractivity contribution in [3.05, 3.63) is 71.8 Å². The highest BCUT2D eigenvalue weighted by atomic mass is 16.2. The lowest BCUT2D eigenvalue weighted by Crippen LogP contribution is -2.45. The summed E-state index contributed by atoms with van der Waals surface area (Å²) in [6.07, 6.45) is 0.828. The molecule has 0 aliphatic heterocycles. The van der Waals surface area contributed by atoms with Crippen LogP contribution < -0.4 is 16.4 Å². The molecule has 0 aliphatic rings. The highest BCUT2D eigenvalue weighted by Gasteiger charge is 2.13. The smallest absolute Gasteiger partial charge is 0.321 e. The van der Waals surface area contributed by atoms with Crippen LogP contribution in [0.4, 0.5) is 4.79 Å². The van der Waals surface area contributed by atoms with Crippen LogP contribution >= 0.6 is 0 Å². The average Bonchev–Trinajstić information content (AvgIpc) is 2.66. The first-order valence-corrected chi connectivity index (χ1v) is 8.75. The fourth-order valence-corrected chi connectivity index (χ4v) is 2.58. The molecule has 0 saturated carbocycles. The second-order valence-electron chi connectivity index (χ2n) is 6.02. The molecule has 0 bridgehead atoms. The number of imide groups is 1. The van der Waals surface area contributed by atoms with Gasteiger partial charge in [-0.05, 0) is 17.5 Å². The zero-order chi connectivity index (χ0) is 18.6. The van der Waals surface area contributed by atoms with Crippen LogP contribution in [0.3, 0.4) is 0 Å². The second-order valence-corrected chi connectivity index (χ2v) is 6.02. The van der Waals surface area contributed by atoms with Crippen molar-refractivity contribution in [2.24, 2.45) is 5.73 Å². The van der Waals surface area contributed by atoms with E-state index in [0.717, 1.165) is 12.0 Å². The Morgan fingerprint density at radius 1 is 0.885 bits per heavy atom. The number of nitrogens with two attached hydrogens (primary N) is 1. The van der Waals surface area contributed by atoms with Gasteiger partial charge in [0, 0.05) is 26.2 Å². The Kier molecular flexibility index (Phi) is 8.32. The Balaban J connectivity index is 1.74. The summed E-state index contributed by atoms with van der Waals surface area (Å²) in [6, 6.07) is 19.1. The fourth-order valence-electron chi connectivity index (χ4n) is 2.58. The van der Waals surface area contributed by atoms with E-state index >= 15 is 0 Å². The molecule has 0 unspecified atom stereocenters. The van der Waals surface area contributed by atoms with Gasteiger partial charge in [-0.25, -0.2) is 4.79 Å². The van der Waals surface area contributed by atoms with Gasteiger partial charge in [0.25, 0.3) is 0 Å². The van der Waals surface area contributed by atoms with E-state index in [2.05, 4.69) is 22.8 Å². The zero-order valence-electron chi connectivity index (χ0n) is 14.9. The van der Waals surface area contributed by atoms with Crippen molar-refractivity contribution in [2.45, 2.75) is 13.0 Å². The lowest BCUT2D eigenvalue weighted by molar-refractivity contribution is -0.121.